The van der Waals surface area contributed by atoms with Crippen LogP contribution in [0.1, 0.15) is 11.1 Å². The van der Waals surface area contributed by atoms with E-state index in [1.54, 1.807) is 14.1 Å². The van der Waals surface area contributed by atoms with E-state index in [-0.39, 0.29) is 11.8 Å². The highest BCUT2D eigenvalue weighted by molar-refractivity contribution is 5.90. The lowest BCUT2D eigenvalue weighted by Crippen LogP contribution is -2.53. The molecule has 3 N–H and O–H groups in total. The normalized spacial score (nSPS) is 12.9. The maximum atomic E-state index is 12.9. The van der Waals surface area contributed by atoms with Crippen LogP contribution >= 0.6 is 0 Å². The molecule has 3 aromatic carbocycles. The molecule has 0 aliphatic rings. The van der Waals surface area contributed by atoms with Crippen LogP contribution < -0.4 is 16.0 Å². The van der Waals surface area contributed by atoms with E-state index in [2.05, 4.69) is 40.2 Å². The van der Waals surface area contributed by atoms with Gasteiger partial charge in [0.05, 0.1) is 6.04 Å². The number of nitrogens with one attached hydrogen (secondary N) is 3. The molecular weight excluding hydrogens is 362 g/mol. The van der Waals surface area contributed by atoms with Crippen LogP contribution in [0.4, 0.5) is 0 Å². The number of hydrogen-bond acceptors (Lipinski definition) is 3. The van der Waals surface area contributed by atoms with Crippen molar-refractivity contribution in [2.45, 2.75) is 24.9 Å². The van der Waals surface area contributed by atoms with Crippen LogP contribution in [0.3, 0.4) is 0 Å². The first-order valence-corrected chi connectivity index (χ1v) is 9.81. The van der Waals surface area contributed by atoms with E-state index in [0.29, 0.717) is 12.8 Å². The van der Waals surface area contributed by atoms with Crippen molar-refractivity contribution in [3.8, 4) is 0 Å². The Balaban J connectivity index is 1.71. The number of hydrogen-bond donors (Lipinski definition) is 3. The van der Waals surface area contributed by atoms with Crippen molar-refractivity contribution in [2.24, 2.45) is 0 Å². The Bertz CT molecular complexity index is 972. The standard InChI is InChI=1S/C24H27N3O2/c1-25-21(16-18-12-13-19-10-6-7-11-20(19)14-18)24(29)27-22(23(28)26-2)15-17-8-4-3-5-9-17/h3-14,21-22,25H,15-16H2,1-2H3,(H,26,28)(H,27,29). The van der Waals surface area contributed by atoms with Crippen LogP contribution in [0.5, 0.6) is 0 Å². The third kappa shape index (κ3) is 5.42. The minimum Gasteiger partial charge on any atom is -0.357 e. The minimum absolute atomic E-state index is 0.190. The summed E-state index contributed by atoms with van der Waals surface area (Å²) in [7, 11) is 3.34. The summed E-state index contributed by atoms with van der Waals surface area (Å²) in [6, 6.07) is 23.0. The molecule has 0 spiro atoms. The van der Waals surface area contributed by atoms with E-state index in [1.807, 2.05) is 48.5 Å². The van der Waals surface area contributed by atoms with Crippen LogP contribution in [0.25, 0.3) is 10.8 Å². The summed E-state index contributed by atoms with van der Waals surface area (Å²) >= 11 is 0. The molecule has 0 aliphatic carbocycles. The maximum Gasteiger partial charge on any atom is 0.242 e. The second kappa shape index (κ2) is 9.85. The van der Waals surface area contributed by atoms with Gasteiger partial charge in [-0.25, -0.2) is 0 Å². The lowest BCUT2D eigenvalue weighted by Gasteiger charge is -2.22. The fraction of sp³-hybridized carbons (Fsp3) is 0.250. The van der Waals surface area contributed by atoms with Gasteiger partial charge in [0.1, 0.15) is 6.04 Å². The Morgan fingerprint density at radius 3 is 2.07 bits per heavy atom. The molecule has 0 aromatic heterocycles. The van der Waals surface area contributed by atoms with Gasteiger partial charge >= 0.3 is 0 Å². The van der Waals surface area contributed by atoms with Crippen LogP contribution in [0, 0.1) is 0 Å². The quantitative estimate of drug-likeness (QED) is 0.554. The number of rotatable bonds is 8. The summed E-state index contributed by atoms with van der Waals surface area (Å²) in [5, 5.41) is 11.0. The van der Waals surface area contributed by atoms with Crippen molar-refractivity contribution in [3.05, 3.63) is 83.9 Å². The first kappa shape index (κ1) is 20.6. The molecule has 5 heteroatoms. The monoisotopic (exact) mass is 389 g/mol. The number of fused-ring (bicyclic) bond motifs is 1. The van der Waals surface area contributed by atoms with E-state index in [1.165, 1.54) is 5.39 Å². The Morgan fingerprint density at radius 1 is 0.724 bits per heavy atom. The van der Waals surface area contributed by atoms with Gasteiger partial charge in [-0.1, -0.05) is 72.8 Å². The summed E-state index contributed by atoms with van der Waals surface area (Å²) in [5.74, 6) is -0.395. The number of carbonyl (C=O) groups excluding carboxylic acids is 2. The summed E-state index contributed by atoms with van der Waals surface area (Å²) < 4.78 is 0. The average Bonchev–Trinajstić information content (AvgIpc) is 2.76. The first-order valence-electron chi connectivity index (χ1n) is 9.81. The Hall–Kier alpha value is -3.18. The van der Waals surface area contributed by atoms with Gasteiger partial charge in [-0.3, -0.25) is 9.59 Å². The van der Waals surface area contributed by atoms with Gasteiger partial charge in [0.2, 0.25) is 11.8 Å². The highest BCUT2D eigenvalue weighted by Crippen LogP contribution is 2.17. The van der Waals surface area contributed by atoms with Crippen molar-refractivity contribution in [1.82, 2.24) is 16.0 Å². The van der Waals surface area contributed by atoms with Gasteiger partial charge in [-0.15, -0.1) is 0 Å². The minimum atomic E-state index is -0.623. The molecule has 0 bridgehead atoms. The van der Waals surface area contributed by atoms with Crippen molar-refractivity contribution in [3.63, 3.8) is 0 Å². The topological polar surface area (TPSA) is 70.2 Å². The predicted octanol–water partition coefficient (Wildman–Crippen LogP) is 2.44. The highest BCUT2D eigenvalue weighted by atomic mass is 16.2. The summed E-state index contributed by atoms with van der Waals surface area (Å²) in [4.78, 5) is 25.2. The molecular formula is C24H27N3O2. The van der Waals surface area contributed by atoms with Crippen LogP contribution in [0.2, 0.25) is 0 Å². The van der Waals surface area contributed by atoms with Gasteiger partial charge in [-0.05, 0) is 35.4 Å². The third-order valence-electron chi connectivity index (χ3n) is 5.08. The molecule has 2 atom stereocenters. The van der Waals surface area contributed by atoms with E-state index >= 15 is 0 Å². The molecule has 150 valence electrons. The summed E-state index contributed by atoms with van der Waals surface area (Å²) in [6.07, 6.45) is 0.984. The van der Waals surface area contributed by atoms with Gasteiger partial charge in [0, 0.05) is 13.5 Å². The first-order chi connectivity index (χ1) is 14.1. The SMILES string of the molecule is CNC(=O)C(Cc1ccccc1)NC(=O)C(Cc1ccc2ccccc2c1)NC. The molecule has 0 fully saturated rings. The molecule has 29 heavy (non-hydrogen) atoms. The lowest BCUT2D eigenvalue weighted by molar-refractivity contribution is -0.129. The zero-order valence-corrected chi connectivity index (χ0v) is 16.8. The molecule has 0 radical (unpaired) electrons. The fourth-order valence-corrected chi connectivity index (χ4v) is 3.43. The van der Waals surface area contributed by atoms with Gasteiger partial charge in [0.15, 0.2) is 0 Å². The zero-order chi connectivity index (χ0) is 20.6. The van der Waals surface area contributed by atoms with E-state index in [9.17, 15) is 9.59 Å². The molecule has 5 nitrogen and oxygen atoms in total. The van der Waals surface area contributed by atoms with Crippen LogP contribution in [-0.2, 0) is 22.4 Å². The molecule has 3 aromatic rings. The highest BCUT2D eigenvalue weighted by Gasteiger charge is 2.24. The van der Waals surface area contributed by atoms with Gasteiger partial charge in [-0.2, -0.15) is 0 Å². The molecule has 2 amide bonds. The Labute approximate surface area is 171 Å². The van der Waals surface area contributed by atoms with Gasteiger partial charge in [0.25, 0.3) is 0 Å². The smallest absolute Gasteiger partial charge is 0.242 e. The van der Waals surface area contributed by atoms with Crippen LogP contribution in [-0.4, -0.2) is 38.0 Å². The molecule has 2 unspecified atom stereocenters. The second-order valence-electron chi connectivity index (χ2n) is 7.09. The lowest BCUT2D eigenvalue weighted by atomic mass is 10.0. The largest absolute Gasteiger partial charge is 0.357 e. The van der Waals surface area contributed by atoms with E-state index in [4.69, 9.17) is 0 Å². The summed E-state index contributed by atoms with van der Waals surface area (Å²) in [5.41, 5.74) is 2.06. The molecule has 0 saturated carbocycles. The number of amides is 2. The predicted molar refractivity (Wildman–Crippen MR) is 117 cm³/mol. The van der Waals surface area contributed by atoms with Crippen molar-refractivity contribution < 1.29 is 9.59 Å². The molecule has 3 rings (SSSR count). The van der Waals surface area contributed by atoms with Crippen LogP contribution in [0.15, 0.2) is 72.8 Å². The second-order valence-corrected chi connectivity index (χ2v) is 7.09. The fourth-order valence-electron chi connectivity index (χ4n) is 3.43. The zero-order valence-electron chi connectivity index (χ0n) is 16.8. The number of benzene rings is 3. The maximum absolute atomic E-state index is 12.9. The van der Waals surface area contributed by atoms with Gasteiger partial charge < -0.3 is 16.0 Å². The molecule has 0 saturated heterocycles. The van der Waals surface area contributed by atoms with E-state index in [0.717, 1.165) is 16.5 Å². The molecule has 0 aliphatic heterocycles. The van der Waals surface area contributed by atoms with Crippen molar-refractivity contribution >= 4 is 22.6 Å². The van der Waals surface area contributed by atoms with Crippen molar-refractivity contribution in [2.75, 3.05) is 14.1 Å². The Morgan fingerprint density at radius 2 is 1.38 bits per heavy atom. The number of likely N-dealkylation sites (N-methyl/N-ethyl adjacent to an activating group) is 2. The van der Waals surface area contributed by atoms with Crippen molar-refractivity contribution in [1.29, 1.82) is 0 Å². The number of carbonyl (C=O) groups is 2. The molecule has 0 heterocycles. The Kier molecular flexibility index (Phi) is 6.98. The third-order valence-corrected chi connectivity index (χ3v) is 5.08. The summed E-state index contributed by atoms with van der Waals surface area (Å²) in [6.45, 7) is 0. The average molecular weight is 389 g/mol. The van der Waals surface area contributed by atoms with E-state index < -0.39 is 12.1 Å².